The first-order valence-electron chi connectivity index (χ1n) is 9.46. The molecule has 3 rings (SSSR count). The van der Waals surface area contributed by atoms with Gasteiger partial charge in [0.1, 0.15) is 0 Å². The van der Waals surface area contributed by atoms with Gasteiger partial charge in [-0.2, -0.15) is 4.31 Å². The van der Waals surface area contributed by atoms with Crippen molar-refractivity contribution in [3.63, 3.8) is 0 Å². The van der Waals surface area contributed by atoms with Crippen molar-refractivity contribution >= 4 is 15.9 Å². The van der Waals surface area contributed by atoms with Crippen LogP contribution in [0.3, 0.4) is 0 Å². The minimum atomic E-state index is -3.49. The van der Waals surface area contributed by atoms with E-state index in [0.29, 0.717) is 30.8 Å². The van der Waals surface area contributed by atoms with Crippen LogP contribution in [0.2, 0.25) is 0 Å². The molecule has 0 radical (unpaired) electrons. The van der Waals surface area contributed by atoms with Gasteiger partial charge in [0.15, 0.2) is 0 Å². The lowest BCUT2D eigenvalue weighted by molar-refractivity contribution is -0.126. The predicted octanol–water partition coefficient (Wildman–Crippen LogP) is 1.57. The van der Waals surface area contributed by atoms with E-state index in [0.717, 1.165) is 37.1 Å². The SMILES string of the molecule is Cc1ccc(S(=O)(=O)N2CCC(C(=O)N[C@H]3CCCNC3)CC2)cc1C. The molecular weight excluding hydrogens is 350 g/mol. The van der Waals surface area contributed by atoms with Crippen molar-refractivity contribution in [3.05, 3.63) is 29.3 Å². The maximum absolute atomic E-state index is 12.9. The number of carbonyl (C=O) groups is 1. The van der Waals surface area contributed by atoms with E-state index in [9.17, 15) is 13.2 Å². The molecule has 2 N–H and O–H groups in total. The van der Waals surface area contributed by atoms with Crippen LogP contribution in [0.15, 0.2) is 23.1 Å². The van der Waals surface area contributed by atoms with E-state index in [1.54, 1.807) is 12.1 Å². The van der Waals surface area contributed by atoms with Gasteiger partial charge in [0.25, 0.3) is 0 Å². The number of benzene rings is 1. The van der Waals surface area contributed by atoms with Gasteiger partial charge in [0.05, 0.1) is 4.90 Å². The minimum absolute atomic E-state index is 0.0712. The molecule has 2 heterocycles. The molecule has 2 aliphatic rings. The standard InChI is InChI=1S/C19H29N3O3S/c1-14-5-6-18(12-15(14)2)26(24,25)22-10-7-16(8-11-22)19(23)21-17-4-3-9-20-13-17/h5-6,12,16-17,20H,3-4,7-11,13H2,1-2H3,(H,21,23)/t17-/m0/s1. The second kappa shape index (κ2) is 8.06. The first-order chi connectivity index (χ1) is 12.4. The monoisotopic (exact) mass is 379 g/mol. The topological polar surface area (TPSA) is 78.5 Å². The smallest absolute Gasteiger partial charge is 0.243 e. The van der Waals surface area contributed by atoms with Gasteiger partial charge in [-0.3, -0.25) is 4.79 Å². The van der Waals surface area contributed by atoms with Crippen LogP contribution in [0.5, 0.6) is 0 Å². The van der Waals surface area contributed by atoms with Gasteiger partial charge in [-0.05, 0) is 69.3 Å². The van der Waals surface area contributed by atoms with E-state index in [1.165, 1.54) is 4.31 Å². The zero-order chi connectivity index (χ0) is 18.7. The van der Waals surface area contributed by atoms with Crippen LogP contribution < -0.4 is 10.6 Å². The molecule has 0 unspecified atom stereocenters. The summed E-state index contributed by atoms with van der Waals surface area (Å²) >= 11 is 0. The highest BCUT2D eigenvalue weighted by Gasteiger charge is 2.32. The van der Waals surface area contributed by atoms with E-state index < -0.39 is 10.0 Å². The molecule has 2 saturated heterocycles. The summed E-state index contributed by atoms with van der Waals surface area (Å²) in [5.74, 6) is -0.0231. The van der Waals surface area contributed by atoms with Crippen molar-refractivity contribution in [1.29, 1.82) is 0 Å². The molecule has 1 aromatic rings. The van der Waals surface area contributed by atoms with Gasteiger partial charge < -0.3 is 10.6 Å². The molecule has 144 valence electrons. The number of aryl methyl sites for hydroxylation is 2. The predicted molar refractivity (Wildman–Crippen MR) is 101 cm³/mol. The maximum atomic E-state index is 12.9. The summed E-state index contributed by atoms with van der Waals surface area (Å²) < 4.78 is 27.2. The number of hydrogen-bond acceptors (Lipinski definition) is 4. The fraction of sp³-hybridized carbons (Fsp3) is 0.632. The molecule has 1 amide bonds. The van der Waals surface area contributed by atoms with Crippen molar-refractivity contribution in [2.75, 3.05) is 26.2 Å². The number of hydrogen-bond donors (Lipinski definition) is 2. The fourth-order valence-corrected chi connectivity index (χ4v) is 5.23. The fourth-order valence-electron chi connectivity index (χ4n) is 3.68. The van der Waals surface area contributed by atoms with Gasteiger partial charge in [0, 0.05) is 31.6 Å². The Kier molecular flexibility index (Phi) is 5.99. The Bertz CT molecular complexity index is 749. The third-order valence-corrected chi connectivity index (χ3v) is 7.48. The summed E-state index contributed by atoms with van der Waals surface area (Å²) in [4.78, 5) is 12.8. The van der Waals surface area contributed by atoms with Crippen LogP contribution in [0.1, 0.15) is 36.8 Å². The van der Waals surface area contributed by atoms with Crippen molar-refractivity contribution in [2.45, 2.75) is 50.5 Å². The number of piperidine rings is 2. The quantitative estimate of drug-likeness (QED) is 0.832. The van der Waals surface area contributed by atoms with Crippen LogP contribution in [0.25, 0.3) is 0 Å². The summed E-state index contributed by atoms with van der Waals surface area (Å²) in [6, 6.07) is 5.46. The molecule has 1 aromatic carbocycles. The highest BCUT2D eigenvalue weighted by Crippen LogP contribution is 2.25. The molecule has 0 bridgehead atoms. The van der Waals surface area contributed by atoms with Crippen LogP contribution in [0, 0.1) is 19.8 Å². The second-order valence-corrected chi connectivity index (χ2v) is 9.41. The van der Waals surface area contributed by atoms with Crippen LogP contribution in [0.4, 0.5) is 0 Å². The summed E-state index contributed by atoms with van der Waals surface area (Å²) in [7, 11) is -3.49. The highest BCUT2D eigenvalue weighted by atomic mass is 32.2. The average Bonchev–Trinajstić information content (AvgIpc) is 2.65. The molecule has 0 spiro atoms. The van der Waals surface area contributed by atoms with Crippen LogP contribution in [-0.4, -0.2) is 50.9 Å². The normalized spacial score (nSPS) is 22.9. The molecule has 6 nitrogen and oxygen atoms in total. The summed E-state index contributed by atoms with van der Waals surface area (Å²) in [6.45, 7) is 6.53. The number of nitrogens with one attached hydrogen (secondary N) is 2. The van der Waals surface area contributed by atoms with Gasteiger partial charge >= 0.3 is 0 Å². The van der Waals surface area contributed by atoms with E-state index in [-0.39, 0.29) is 17.9 Å². The Morgan fingerprint density at radius 2 is 1.88 bits per heavy atom. The van der Waals surface area contributed by atoms with Crippen molar-refractivity contribution in [2.24, 2.45) is 5.92 Å². The Morgan fingerprint density at radius 1 is 1.15 bits per heavy atom. The molecule has 0 aliphatic carbocycles. The number of rotatable bonds is 4. The lowest BCUT2D eigenvalue weighted by Crippen LogP contribution is -2.49. The van der Waals surface area contributed by atoms with Crippen molar-refractivity contribution < 1.29 is 13.2 Å². The lowest BCUT2D eigenvalue weighted by atomic mass is 9.96. The van der Waals surface area contributed by atoms with Gasteiger partial charge in [-0.25, -0.2) is 8.42 Å². The third-order valence-electron chi connectivity index (χ3n) is 5.58. The number of carbonyl (C=O) groups excluding carboxylic acids is 1. The Labute approximate surface area is 156 Å². The van der Waals surface area contributed by atoms with Gasteiger partial charge in [-0.15, -0.1) is 0 Å². The van der Waals surface area contributed by atoms with E-state index in [2.05, 4.69) is 10.6 Å². The summed E-state index contributed by atoms with van der Waals surface area (Å²) in [5, 5.41) is 6.41. The highest BCUT2D eigenvalue weighted by molar-refractivity contribution is 7.89. The van der Waals surface area contributed by atoms with E-state index >= 15 is 0 Å². The first-order valence-corrected chi connectivity index (χ1v) is 10.9. The molecule has 2 aliphatic heterocycles. The maximum Gasteiger partial charge on any atom is 0.243 e. The van der Waals surface area contributed by atoms with Crippen molar-refractivity contribution in [1.82, 2.24) is 14.9 Å². The van der Waals surface area contributed by atoms with E-state index in [4.69, 9.17) is 0 Å². The molecule has 2 fully saturated rings. The first kappa shape index (κ1) is 19.3. The van der Waals surface area contributed by atoms with E-state index in [1.807, 2.05) is 19.9 Å². The number of nitrogens with zero attached hydrogens (tertiary/aromatic N) is 1. The van der Waals surface area contributed by atoms with Crippen LogP contribution >= 0.6 is 0 Å². The van der Waals surface area contributed by atoms with Gasteiger partial charge in [-0.1, -0.05) is 6.07 Å². The number of sulfonamides is 1. The van der Waals surface area contributed by atoms with Crippen LogP contribution in [-0.2, 0) is 14.8 Å². The van der Waals surface area contributed by atoms with Gasteiger partial charge in [0.2, 0.25) is 15.9 Å². The third kappa shape index (κ3) is 4.27. The lowest BCUT2D eigenvalue weighted by Gasteiger charge is -2.32. The Balaban J connectivity index is 1.58. The second-order valence-electron chi connectivity index (χ2n) is 7.48. The number of amides is 1. The molecule has 0 aromatic heterocycles. The summed E-state index contributed by atoms with van der Waals surface area (Å²) in [6.07, 6.45) is 3.25. The molecule has 0 saturated carbocycles. The molecule has 26 heavy (non-hydrogen) atoms. The Hall–Kier alpha value is -1.44. The average molecular weight is 380 g/mol. The minimum Gasteiger partial charge on any atom is -0.352 e. The molecule has 7 heteroatoms. The molecule has 1 atom stereocenters. The van der Waals surface area contributed by atoms with Crippen molar-refractivity contribution in [3.8, 4) is 0 Å². The zero-order valence-electron chi connectivity index (χ0n) is 15.6. The largest absolute Gasteiger partial charge is 0.352 e. The molecular formula is C19H29N3O3S. The summed E-state index contributed by atoms with van der Waals surface area (Å²) in [5.41, 5.74) is 2.05. The Morgan fingerprint density at radius 3 is 2.50 bits per heavy atom. The zero-order valence-corrected chi connectivity index (χ0v) is 16.4.